The number of benzene rings is 2. The SMILES string of the molecule is C/C=C/C=C(/c1cc(Cl)ccc1OCc1ccccc1)N(C)c1cccc(C(=O)OC)n1. The van der Waals surface area contributed by atoms with Crippen LogP contribution < -0.4 is 9.64 Å². The molecular weight excluding hydrogens is 424 g/mol. The Labute approximate surface area is 193 Å². The van der Waals surface area contributed by atoms with E-state index < -0.39 is 5.97 Å². The van der Waals surface area contributed by atoms with Crippen molar-refractivity contribution in [3.05, 3.63) is 107 Å². The molecule has 6 heteroatoms. The smallest absolute Gasteiger partial charge is 0.356 e. The van der Waals surface area contributed by atoms with Crippen LogP contribution in [0, 0.1) is 0 Å². The first kappa shape index (κ1) is 23.1. The molecule has 0 radical (unpaired) electrons. The maximum Gasteiger partial charge on any atom is 0.356 e. The van der Waals surface area contributed by atoms with Crippen molar-refractivity contribution < 1.29 is 14.3 Å². The van der Waals surface area contributed by atoms with E-state index in [-0.39, 0.29) is 5.69 Å². The van der Waals surface area contributed by atoms with Gasteiger partial charge in [0.2, 0.25) is 0 Å². The minimum absolute atomic E-state index is 0.230. The normalized spacial score (nSPS) is 11.4. The van der Waals surface area contributed by atoms with Gasteiger partial charge in [0, 0.05) is 17.6 Å². The highest BCUT2D eigenvalue weighted by atomic mass is 35.5. The summed E-state index contributed by atoms with van der Waals surface area (Å²) in [4.78, 5) is 18.3. The number of carbonyl (C=O) groups excluding carboxylic acids is 1. The number of methoxy groups -OCH3 is 1. The third-order valence-corrected chi connectivity index (χ3v) is 4.97. The summed E-state index contributed by atoms with van der Waals surface area (Å²) in [7, 11) is 3.21. The Bertz CT molecular complexity index is 1130. The number of anilines is 1. The Morgan fingerprint density at radius 1 is 1.09 bits per heavy atom. The predicted molar refractivity (Wildman–Crippen MR) is 129 cm³/mol. The number of ether oxygens (including phenoxy) is 2. The van der Waals surface area contributed by atoms with Gasteiger partial charge in [-0.15, -0.1) is 0 Å². The summed E-state index contributed by atoms with van der Waals surface area (Å²) in [6.07, 6.45) is 5.81. The first-order valence-corrected chi connectivity index (χ1v) is 10.5. The van der Waals surface area contributed by atoms with Gasteiger partial charge in [0.25, 0.3) is 0 Å². The summed E-state index contributed by atoms with van der Waals surface area (Å²) in [5.41, 5.74) is 2.91. The van der Waals surface area contributed by atoms with E-state index in [4.69, 9.17) is 21.1 Å². The van der Waals surface area contributed by atoms with Gasteiger partial charge < -0.3 is 14.4 Å². The molecule has 3 rings (SSSR count). The number of aromatic nitrogens is 1. The molecule has 0 aliphatic heterocycles. The highest BCUT2D eigenvalue weighted by Crippen LogP contribution is 2.33. The summed E-state index contributed by atoms with van der Waals surface area (Å²) in [6.45, 7) is 2.36. The number of rotatable bonds is 8. The maximum absolute atomic E-state index is 12.0. The van der Waals surface area contributed by atoms with E-state index in [0.717, 1.165) is 16.8 Å². The van der Waals surface area contributed by atoms with Gasteiger partial charge >= 0.3 is 5.97 Å². The lowest BCUT2D eigenvalue weighted by atomic mass is 10.1. The number of allylic oxidation sites excluding steroid dienone is 3. The fraction of sp³-hybridized carbons (Fsp3) is 0.154. The van der Waals surface area contributed by atoms with Crippen LogP contribution in [0.3, 0.4) is 0 Å². The van der Waals surface area contributed by atoms with Gasteiger partial charge in [0.1, 0.15) is 18.2 Å². The minimum atomic E-state index is -0.492. The van der Waals surface area contributed by atoms with Crippen molar-refractivity contribution in [1.82, 2.24) is 4.98 Å². The lowest BCUT2D eigenvalue weighted by Crippen LogP contribution is -2.19. The Morgan fingerprint density at radius 2 is 1.88 bits per heavy atom. The van der Waals surface area contributed by atoms with Crippen LogP contribution >= 0.6 is 11.6 Å². The summed E-state index contributed by atoms with van der Waals surface area (Å²) >= 11 is 6.35. The lowest BCUT2D eigenvalue weighted by molar-refractivity contribution is 0.0594. The lowest BCUT2D eigenvalue weighted by Gasteiger charge is -2.24. The van der Waals surface area contributed by atoms with Crippen LogP contribution in [-0.4, -0.2) is 25.1 Å². The second-order valence-electron chi connectivity index (χ2n) is 6.92. The van der Waals surface area contributed by atoms with Crippen molar-refractivity contribution >= 4 is 29.1 Å². The van der Waals surface area contributed by atoms with Crippen LogP contribution in [-0.2, 0) is 11.3 Å². The highest BCUT2D eigenvalue weighted by molar-refractivity contribution is 6.30. The van der Waals surface area contributed by atoms with Crippen molar-refractivity contribution in [2.24, 2.45) is 0 Å². The molecule has 0 amide bonds. The molecule has 164 valence electrons. The fourth-order valence-electron chi connectivity index (χ4n) is 3.08. The molecule has 2 aromatic carbocycles. The van der Waals surface area contributed by atoms with E-state index in [9.17, 15) is 4.79 Å². The molecule has 0 unspecified atom stereocenters. The largest absolute Gasteiger partial charge is 0.488 e. The van der Waals surface area contributed by atoms with Crippen LogP contribution in [0.1, 0.15) is 28.5 Å². The molecule has 0 spiro atoms. The van der Waals surface area contributed by atoms with Crippen molar-refractivity contribution in [1.29, 1.82) is 0 Å². The van der Waals surface area contributed by atoms with E-state index in [1.807, 2.05) is 85.6 Å². The molecule has 0 bridgehead atoms. The average Bonchev–Trinajstić information content (AvgIpc) is 2.83. The van der Waals surface area contributed by atoms with Gasteiger partial charge in [-0.25, -0.2) is 9.78 Å². The highest BCUT2D eigenvalue weighted by Gasteiger charge is 2.18. The van der Waals surface area contributed by atoms with E-state index >= 15 is 0 Å². The monoisotopic (exact) mass is 448 g/mol. The number of halogens is 1. The molecule has 0 saturated carbocycles. The number of nitrogens with zero attached hydrogens (tertiary/aromatic N) is 2. The molecule has 1 aromatic heterocycles. The second-order valence-corrected chi connectivity index (χ2v) is 7.36. The standard InChI is InChI=1S/C26H25ClN2O3/c1-4-5-13-23(29(2)25-14-9-12-22(28-25)26(30)31-3)21-17-20(27)15-16-24(21)32-18-19-10-7-6-8-11-19/h4-17H,18H2,1-3H3/b5-4+,23-13-. The number of pyridine rings is 1. The van der Waals surface area contributed by atoms with Gasteiger partial charge in [-0.1, -0.05) is 60.2 Å². The van der Waals surface area contributed by atoms with Crippen LogP contribution in [0.15, 0.2) is 85.0 Å². The number of carbonyl (C=O) groups is 1. The van der Waals surface area contributed by atoms with Crippen LogP contribution in [0.2, 0.25) is 5.02 Å². The Hall–Kier alpha value is -3.57. The number of hydrogen-bond donors (Lipinski definition) is 0. The van der Waals surface area contributed by atoms with E-state index in [1.165, 1.54) is 7.11 Å². The van der Waals surface area contributed by atoms with Crippen molar-refractivity contribution in [3.8, 4) is 5.75 Å². The molecule has 5 nitrogen and oxygen atoms in total. The zero-order valence-corrected chi connectivity index (χ0v) is 19.0. The Kier molecular flexibility index (Phi) is 8.06. The summed E-state index contributed by atoms with van der Waals surface area (Å²) in [5, 5.41) is 0.586. The second kappa shape index (κ2) is 11.2. The zero-order valence-electron chi connectivity index (χ0n) is 18.3. The van der Waals surface area contributed by atoms with E-state index in [0.29, 0.717) is 23.2 Å². The minimum Gasteiger partial charge on any atom is -0.488 e. The first-order valence-electron chi connectivity index (χ1n) is 10.1. The molecule has 0 fully saturated rings. The predicted octanol–water partition coefficient (Wildman–Crippen LogP) is 6.15. The zero-order chi connectivity index (χ0) is 22.9. The quantitative estimate of drug-likeness (QED) is 0.305. The van der Waals surface area contributed by atoms with Gasteiger partial charge in [-0.2, -0.15) is 0 Å². The van der Waals surface area contributed by atoms with Gasteiger partial charge in [0.05, 0.1) is 12.8 Å². The summed E-state index contributed by atoms with van der Waals surface area (Å²) < 4.78 is 11.0. The average molecular weight is 449 g/mol. The Morgan fingerprint density at radius 3 is 2.59 bits per heavy atom. The number of esters is 1. The van der Waals surface area contributed by atoms with Crippen LogP contribution in [0.25, 0.3) is 5.70 Å². The first-order chi connectivity index (χ1) is 15.5. The molecule has 1 heterocycles. The van der Waals surface area contributed by atoms with Crippen molar-refractivity contribution in [3.63, 3.8) is 0 Å². The molecule has 0 saturated heterocycles. The van der Waals surface area contributed by atoms with Gasteiger partial charge in [0.15, 0.2) is 5.69 Å². The van der Waals surface area contributed by atoms with Gasteiger partial charge in [-0.05, 0) is 48.9 Å². The van der Waals surface area contributed by atoms with Crippen molar-refractivity contribution in [2.45, 2.75) is 13.5 Å². The molecule has 0 N–H and O–H groups in total. The molecular formula is C26H25ClN2O3. The third-order valence-electron chi connectivity index (χ3n) is 4.74. The van der Waals surface area contributed by atoms with Crippen LogP contribution in [0.4, 0.5) is 5.82 Å². The topological polar surface area (TPSA) is 51.7 Å². The van der Waals surface area contributed by atoms with Crippen molar-refractivity contribution in [2.75, 3.05) is 19.1 Å². The van der Waals surface area contributed by atoms with E-state index in [2.05, 4.69) is 4.98 Å². The van der Waals surface area contributed by atoms with Gasteiger partial charge in [-0.3, -0.25) is 0 Å². The molecule has 3 aromatic rings. The maximum atomic E-state index is 12.0. The van der Waals surface area contributed by atoms with Crippen LogP contribution in [0.5, 0.6) is 5.75 Å². The van der Waals surface area contributed by atoms with E-state index in [1.54, 1.807) is 18.2 Å². The molecule has 32 heavy (non-hydrogen) atoms. The summed E-state index contributed by atoms with van der Waals surface area (Å²) in [5.74, 6) is 0.775. The number of hydrogen-bond acceptors (Lipinski definition) is 5. The molecule has 0 atom stereocenters. The fourth-order valence-corrected chi connectivity index (χ4v) is 3.26. The third kappa shape index (κ3) is 5.77. The molecule has 0 aliphatic carbocycles. The molecule has 0 aliphatic rings. The Balaban J connectivity index is 2.00. The summed E-state index contributed by atoms with van der Waals surface area (Å²) in [6, 6.07) is 20.7.